The number of ether oxygens (including phenoxy) is 1. The minimum Gasteiger partial charge on any atom is -0.508 e. The summed E-state index contributed by atoms with van der Waals surface area (Å²) in [6, 6.07) is 18.0. The Morgan fingerprint density at radius 2 is 1.78 bits per heavy atom. The molecule has 9 heterocycles. The fourth-order valence-electron chi connectivity index (χ4n) is 12.7. The Bertz CT molecular complexity index is 3440. The fourth-order valence-corrected chi connectivity index (χ4v) is 13.5. The number of thiazole rings is 1. The summed E-state index contributed by atoms with van der Waals surface area (Å²) < 4.78 is 29.4. The zero-order valence-electron chi connectivity index (χ0n) is 44.3. The van der Waals surface area contributed by atoms with Crippen molar-refractivity contribution in [2.45, 2.75) is 96.0 Å². The van der Waals surface area contributed by atoms with Crippen LogP contribution in [0, 0.1) is 36.4 Å². The molecule has 17 nitrogen and oxygen atoms in total. The Hall–Kier alpha value is -7.24. The van der Waals surface area contributed by atoms with Crippen LogP contribution in [0.4, 0.5) is 16.0 Å². The van der Waals surface area contributed by atoms with Crippen LogP contribution in [0.1, 0.15) is 87.4 Å². The number of aliphatic hydroxyl groups is 1. The minimum atomic E-state index is -0.831. The Morgan fingerprint density at radius 1 is 1.01 bits per heavy atom. The number of pyridine rings is 1. The number of rotatable bonds is 14. The standard InChI is InChI=1S/C59H64FN11O6S/c1-6-36-8-7-9-39-22-42(72)23-44(50(36)39)52-51(60)53-45(26-61-52)55(69-27-40-14-15-41(28-69)64-40)66-58(65-53)76-21-20-68-18-16-59(17-19-68)30-70(31-59)48-25-47(77-67-48)49(33(2)3)57(75)71-29-43(73)24-46(71)56(74)63-34(4)37-10-12-38(13-11-37)54-35(5)62-32-78-54/h1,7-13,22-23,25-26,32-34,40-41,43,46,49,64,72-73H,14-21,24,27-31H2,2-5H3,(H,63,74)/t34-,40?,41?,43+,46-,49+/m0/s1. The summed E-state index contributed by atoms with van der Waals surface area (Å²) in [5.74, 6) is 2.30. The van der Waals surface area contributed by atoms with Gasteiger partial charge >= 0.3 is 6.01 Å². The molecule has 4 aromatic heterocycles. The fraction of sp³-hybridized carbons (Fsp3) is 0.441. The van der Waals surface area contributed by atoms with Crippen LogP contribution in [0.2, 0.25) is 0 Å². The number of benzene rings is 3. The molecule has 5 fully saturated rings. The summed E-state index contributed by atoms with van der Waals surface area (Å²) in [4.78, 5) is 56.3. The number of piperidine rings is 1. The summed E-state index contributed by atoms with van der Waals surface area (Å²) in [7, 11) is 0. The maximum absolute atomic E-state index is 17.1. The van der Waals surface area contributed by atoms with E-state index in [1.807, 2.05) is 69.6 Å². The van der Waals surface area contributed by atoms with Crippen LogP contribution in [-0.4, -0.2) is 140 Å². The summed E-state index contributed by atoms with van der Waals surface area (Å²) in [6.07, 6.45) is 10.9. The molecule has 12 rings (SSSR count). The lowest BCUT2D eigenvalue weighted by Gasteiger charge is -2.54. The number of fused-ring (bicyclic) bond motifs is 4. The first-order valence-corrected chi connectivity index (χ1v) is 28.1. The van der Waals surface area contributed by atoms with Gasteiger partial charge in [0.05, 0.1) is 33.6 Å². The van der Waals surface area contributed by atoms with Crippen molar-refractivity contribution >= 4 is 56.5 Å². The van der Waals surface area contributed by atoms with Gasteiger partial charge in [0.15, 0.2) is 17.4 Å². The van der Waals surface area contributed by atoms with E-state index in [1.165, 1.54) is 11.0 Å². The molecule has 4 N–H and O–H groups in total. The molecule has 19 heteroatoms. The van der Waals surface area contributed by atoms with Crippen molar-refractivity contribution in [3.05, 3.63) is 101 Å². The molecular formula is C59H64FN11O6S. The number of halogens is 1. The number of terminal acetylenes is 1. The average Bonchev–Trinajstić information content (AvgIpc) is 4.26. The zero-order chi connectivity index (χ0) is 54.0. The minimum absolute atomic E-state index is 0.0279. The average molecular weight is 1070 g/mol. The van der Waals surface area contributed by atoms with Gasteiger partial charge in [-0.25, -0.2) is 9.37 Å². The van der Waals surface area contributed by atoms with E-state index in [1.54, 1.807) is 35.7 Å². The van der Waals surface area contributed by atoms with E-state index < -0.39 is 23.9 Å². The van der Waals surface area contributed by atoms with Crippen LogP contribution in [0.15, 0.2) is 76.9 Å². The molecular weight excluding hydrogens is 1010 g/mol. The molecule has 7 aromatic rings. The smallest absolute Gasteiger partial charge is 0.319 e. The summed E-state index contributed by atoms with van der Waals surface area (Å²) in [5, 5.41) is 34.5. The van der Waals surface area contributed by atoms with Crippen molar-refractivity contribution in [2.24, 2.45) is 11.3 Å². The summed E-state index contributed by atoms with van der Waals surface area (Å²) in [6.45, 7) is 13.6. The van der Waals surface area contributed by atoms with Gasteiger partial charge in [-0.15, -0.1) is 17.8 Å². The second-order valence-electron chi connectivity index (χ2n) is 22.5. The number of amides is 2. The van der Waals surface area contributed by atoms with Crippen molar-refractivity contribution in [1.82, 2.24) is 45.5 Å². The number of hydrogen-bond donors (Lipinski definition) is 4. The van der Waals surface area contributed by atoms with Crippen molar-refractivity contribution in [3.8, 4) is 45.8 Å². The number of aromatic nitrogens is 5. The van der Waals surface area contributed by atoms with Gasteiger partial charge in [-0.3, -0.25) is 19.5 Å². The van der Waals surface area contributed by atoms with E-state index in [0.29, 0.717) is 69.9 Å². The van der Waals surface area contributed by atoms with Gasteiger partial charge < -0.3 is 44.8 Å². The van der Waals surface area contributed by atoms with E-state index in [0.717, 1.165) is 86.6 Å². The quantitative estimate of drug-likeness (QED) is 0.0777. The van der Waals surface area contributed by atoms with Crippen LogP contribution < -0.4 is 25.2 Å². The lowest BCUT2D eigenvalue weighted by molar-refractivity contribution is -0.141. The van der Waals surface area contributed by atoms with Crippen LogP contribution in [0.25, 0.3) is 43.4 Å². The number of piperazine rings is 1. The number of aliphatic hydroxyl groups excluding tert-OH is 1. The van der Waals surface area contributed by atoms with Gasteiger partial charge in [0.1, 0.15) is 41.3 Å². The zero-order valence-corrected chi connectivity index (χ0v) is 45.1. The van der Waals surface area contributed by atoms with Gasteiger partial charge in [0.25, 0.3) is 0 Å². The number of nitrogens with zero attached hydrogens (tertiary/aromatic N) is 9. The van der Waals surface area contributed by atoms with E-state index in [4.69, 9.17) is 25.7 Å². The topological polar surface area (TPSA) is 198 Å². The molecule has 3 aromatic carbocycles. The number of phenols is 1. The Kier molecular flexibility index (Phi) is 13.8. The maximum atomic E-state index is 17.1. The molecule has 1 spiro atoms. The monoisotopic (exact) mass is 1070 g/mol. The van der Waals surface area contributed by atoms with E-state index in [9.17, 15) is 19.8 Å². The number of aryl methyl sites for hydroxylation is 1. The van der Waals surface area contributed by atoms with E-state index >= 15 is 4.39 Å². The number of likely N-dealkylation sites (tertiary alicyclic amines) is 2. The second-order valence-corrected chi connectivity index (χ2v) is 23.3. The van der Waals surface area contributed by atoms with Gasteiger partial charge in [0, 0.05) is 92.0 Å². The highest BCUT2D eigenvalue weighted by Crippen LogP contribution is 2.44. The van der Waals surface area contributed by atoms with Gasteiger partial charge in [0.2, 0.25) is 11.8 Å². The number of hydrogen-bond acceptors (Lipinski definition) is 16. The number of nitrogens with one attached hydrogen (secondary N) is 2. The normalized spacial score (nSPS) is 21.8. The van der Waals surface area contributed by atoms with Gasteiger partial charge in [-0.2, -0.15) is 9.97 Å². The number of β-amino-alcohol motifs (C(OH)–C–C–N with tert-alkyl or cyclic N) is 1. The summed E-state index contributed by atoms with van der Waals surface area (Å²) in [5.41, 5.74) is 5.97. The van der Waals surface area contributed by atoms with E-state index in [2.05, 4.69) is 46.4 Å². The molecule has 2 amide bonds. The number of aromatic hydroxyl groups is 1. The number of phenolic OH excluding ortho intramolecular Hbond substituents is 1. The van der Waals surface area contributed by atoms with Crippen LogP contribution in [-0.2, 0) is 9.59 Å². The SMILES string of the molecule is C#Cc1cccc2cc(O)cc(-c3ncc4c(N5CC6CCC(C5)N6)nc(OCCN5CCC6(CC5)CN(c5cc([C@H](C(=O)N7C[C@H](O)C[C@H]7C(=O)N[C@@H](C)c7ccc(-c8scnc8C)cc7)C(C)C)on5)C6)nc4c3F)c12. The third-order valence-electron chi connectivity index (χ3n) is 16.9. The van der Waals surface area contributed by atoms with Crippen LogP contribution >= 0.6 is 11.3 Å². The predicted octanol–water partition coefficient (Wildman–Crippen LogP) is 7.59. The first-order valence-electron chi connectivity index (χ1n) is 27.2. The molecule has 5 aliphatic rings. The largest absolute Gasteiger partial charge is 0.508 e. The number of carbonyl (C=O) groups excluding carboxylic acids is 2. The molecule has 0 saturated carbocycles. The number of carbonyl (C=O) groups is 2. The third-order valence-corrected chi connectivity index (χ3v) is 17.8. The number of anilines is 2. The van der Waals surface area contributed by atoms with Crippen molar-refractivity contribution in [1.29, 1.82) is 0 Å². The molecule has 5 aliphatic heterocycles. The molecule has 0 radical (unpaired) electrons. The molecule has 78 heavy (non-hydrogen) atoms. The lowest BCUT2D eigenvalue weighted by atomic mass is 9.72. The van der Waals surface area contributed by atoms with Crippen molar-refractivity contribution in [2.75, 3.05) is 68.8 Å². The highest BCUT2D eigenvalue weighted by molar-refractivity contribution is 7.13. The molecule has 5 saturated heterocycles. The Balaban J connectivity index is 0.675. The van der Waals surface area contributed by atoms with Crippen molar-refractivity contribution < 1.29 is 33.5 Å². The molecule has 2 unspecified atom stereocenters. The van der Waals surface area contributed by atoms with E-state index in [-0.39, 0.29) is 65.1 Å². The molecule has 0 aliphatic carbocycles. The van der Waals surface area contributed by atoms with Crippen LogP contribution in [0.3, 0.4) is 0 Å². The lowest BCUT2D eigenvalue weighted by Crippen LogP contribution is -2.60. The highest BCUT2D eigenvalue weighted by Gasteiger charge is 2.47. The predicted molar refractivity (Wildman–Crippen MR) is 297 cm³/mol. The second kappa shape index (κ2) is 20.9. The third kappa shape index (κ3) is 9.77. The first-order chi connectivity index (χ1) is 37.7. The Morgan fingerprint density at radius 3 is 2.50 bits per heavy atom. The summed E-state index contributed by atoms with van der Waals surface area (Å²) >= 11 is 1.59. The molecule has 2 bridgehead atoms. The molecule has 404 valence electrons. The highest BCUT2D eigenvalue weighted by atomic mass is 32.1. The van der Waals surface area contributed by atoms with Gasteiger partial charge in [-0.05, 0) is 93.3 Å². The maximum Gasteiger partial charge on any atom is 0.319 e. The van der Waals surface area contributed by atoms with Gasteiger partial charge in [-0.1, -0.05) is 61.3 Å². The Labute approximate surface area is 456 Å². The van der Waals surface area contributed by atoms with Crippen molar-refractivity contribution in [3.63, 3.8) is 0 Å². The first kappa shape index (κ1) is 51.5. The van der Waals surface area contributed by atoms with Crippen LogP contribution in [0.5, 0.6) is 11.8 Å². The molecule has 6 atom stereocenters.